The Kier molecular flexibility index (Phi) is 7.64. The van der Waals surface area contributed by atoms with Crippen LogP contribution in [0.1, 0.15) is 106 Å². The Morgan fingerprint density at radius 2 is 1.74 bits per heavy atom. The van der Waals surface area contributed by atoms with E-state index in [4.69, 9.17) is 4.74 Å². The Morgan fingerprint density at radius 1 is 1.06 bits per heavy atom. The van der Waals surface area contributed by atoms with Crippen molar-refractivity contribution in [1.29, 1.82) is 0 Å². The van der Waals surface area contributed by atoms with E-state index in [2.05, 4.69) is 27.7 Å². The molecule has 3 heteroatoms. The third-order valence-electron chi connectivity index (χ3n) is 10.5. The summed E-state index contributed by atoms with van der Waals surface area (Å²) in [5.74, 6) is 5.30. The second kappa shape index (κ2) is 9.56. The first-order valence-electron chi connectivity index (χ1n) is 13.4. The summed E-state index contributed by atoms with van der Waals surface area (Å²) in [6, 6.07) is 0. The Balaban J connectivity index is 0.00000132. The number of Topliss-reactive ketones (excluding diaryl/α,β-unsaturated/α-hetero) is 1. The summed E-state index contributed by atoms with van der Waals surface area (Å²) in [6.45, 7) is 15.9. The molecule has 0 radical (unpaired) electrons. The van der Waals surface area contributed by atoms with Crippen molar-refractivity contribution in [2.75, 3.05) is 6.61 Å². The normalized spacial score (nSPS) is 44.8. The quantitative estimate of drug-likeness (QED) is 0.446. The van der Waals surface area contributed by atoms with Crippen LogP contribution < -0.4 is 0 Å². The smallest absolute Gasteiger partial charge is 0.302 e. The van der Waals surface area contributed by atoms with Gasteiger partial charge in [0.15, 0.2) is 0 Å². The number of esters is 1. The topological polar surface area (TPSA) is 43.4 Å². The molecule has 4 fully saturated rings. The number of carbonyl (C=O) groups is 2. The van der Waals surface area contributed by atoms with Crippen molar-refractivity contribution in [2.24, 2.45) is 52.3 Å². The van der Waals surface area contributed by atoms with Gasteiger partial charge in [-0.1, -0.05) is 48.0 Å². The number of rotatable bonds is 4. The van der Waals surface area contributed by atoms with E-state index in [1.54, 1.807) is 0 Å². The maximum Gasteiger partial charge on any atom is 0.302 e. The van der Waals surface area contributed by atoms with E-state index < -0.39 is 0 Å². The van der Waals surface area contributed by atoms with Crippen LogP contribution in [-0.4, -0.2) is 18.4 Å². The highest BCUT2D eigenvalue weighted by molar-refractivity contribution is 5.79. The first kappa shape index (κ1) is 24.8. The van der Waals surface area contributed by atoms with Crippen LogP contribution in [0, 0.1) is 52.3 Å². The van der Waals surface area contributed by atoms with E-state index in [1.807, 2.05) is 13.8 Å². The van der Waals surface area contributed by atoms with Crippen LogP contribution in [0.5, 0.6) is 0 Å². The van der Waals surface area contributed by atoms with Gasteiger partial charge in [-0.25, -0.2) is 0 Å². The van der Waals surface area contributed by atoms with E-state index in [0.29, 0.717) is 41.0 Å². The lowest BCUT2D eigenvalue weighted by molar-refractivity contribution is -0.154. The standard InChI is InChI=1S/C26H42O3.C2H6/c1-6-18-13-20-22-8-7-21(16(2)15-29-17(3)27)25(22,4)12-10-23(20)26(5)11-9-19(28)14-24(18)26;1-2/h16,18,20-24H,6-15H2,1-5H3;1-2H3/t16-,18?,20?,21?,22?,23?,24?,25?,26?;/m1./s1. The Bertz CT molecular complexity index is 657. The van der Waals surface area contributed by atoms with E-state index >= 15 is 0 Å². The van der Waals surface area contributed by atoms with Gasteiger partial charge in [0, 0.05) is 19.8 Å². The molecule has 4 aliphatic rings. The zero-order valence-electron chi connectivity index (χ0n) is 21.3. The molecule has 0 N–H and O–H groups in total. The lowest BCUT2D eigenvalue weighted by Gasteiger charge is -2.62. The summed E-state index contributed by atoms with van der Waals surface area (Å²) in [7, 11) is 0. The minimum atomic E-state index is -0.149. The van der Waals surface area contributed by atoms with Gasteiger partial charge in [0.1, 0.15) is 5.78 Å². The molecule has 0 heterocycles. The molecule has 0 aromatic rings. The monoisotopic (exact) mass is 432 g/mol. The molecule has 0 spiro atoms. The molecule has 178 valence electrons. The molecular weight excluding hydrogens is 384 g/mol. The number of fused-ring (bicyclic) bond motifs is 5. The minimum absolute atomic E-state index is 0.149. The lowest BCUT2D eigenvalue weighted by atomic mass is 9.42. The van der Waals surface area contributed by atoms with Crippen molar-refractivity contribution in [3.8, 4) is 0 Å². The fourth-order valence-electron chi connectivity index (χ4n) is 9.08. The van der Waals surface area contributed by atoms with Gasteiger partial charge in [0.05, 0.1) is 6.61 Å². The predicted molar refractivity (Wildman–Crippen MR) is 127 cm³/mol. The fourth-order valence-corrected chi connectivity index (χ4v) is 9.08. The lowest BCUT2D eigenvalue weighted by Crippen LogP contribution is -2.56. The largest absolute Gasteiger partial charge is 0.466 e. The highest BCUT2D eigenvalue weighted by atomic mass is 16.5. The molecule has 0 saturated heterocycles. The van der Waals surface area contributed by atoms with Gasteiger partial charge in [-0.3, -0.25) is 9.59 Å². The van der Waals surface area contributed by atoms with Gasteiger partial charge >= 0.3 is 5.97 Å². The average molecular weight is 433 g/mol. The molecule has 0 aromatic heterocycles. The predicted octanol–water partition coefficient (Wildman–Crippen LogP) is 7.08. The van der Waals surface area contributed by atoms with Crippen molar-refractivity contribution < 1.29 is 14.3 Å². The van der Waals surface area contributed by atoms with Gasteiger partial charge in [-0.2, -0.15) is 0 Å². The van der Waals surface area contributed by atoms with E-state index in [0.717, 1.165) is 42.9 Å². The Labute approximate surface area is 191 Å². The number of hydrogen-bond acceptors (Lipinski definition) is 3. The minimum Gasteiger partial charge on any atom is -0.466 e. The van der Waals surface area contributed by atoms with Gasteiger partial charge in [-0.15, -0.1) is 0 Å². The highest BCUT2D eigenvalue weighted by Crippen LogP contribution is 2.69. The first-order valence-corrected chi connectivity index (χ1v) is 13.4. The molecule has 4 rings (SSSR count). The number of hydrogen-bond donors (Lipinski definition) is 0. The van der Waals surface area contributed by atoms with Crippen LogP contribution in [0.3, 0.4) is 0 Å². The van der Waals surface area contributed by atoms with Crippen molar-refractivity contribution in [2.45, 2.75) is 106 Å². The van der Waals surface area contributed by atoms with Crippen LogP contribution in [-0.2, 0) is 14.3 Å². The fraction of sp³-hybridized carbons (Fsp3) is 0.929. The zero-order valence-corrected chi connectivity index (χ0v) is 21.3. The van der Waals surface area contributed by atoms with Gasteiger partial charge in [0.25, 0.3) is 0 Å². The second-order valence-corrected chi connectivity index (χ2v) is 11.6. The molecule has 31 heavy (non-hydrogen) atoms. The Morgan fingerprint density at radius 3 is 2.39 bits per heavy atom. The first-order chi connectivity index (χ1) is 14.7. The SMILES string of the molecule is CC.CCC1CC2C(CCC3(C)C2CCC3[C@H](C)COC(C)=O)C2(C)CCC(=O)CC12. The second-order valence-electron chi connectivity index (χ2n) is 11.6. The van der Waals surface area contributed by atoms with Gasteiger partial charge < -0.3 is 4.74 Å². The molecule has 4 saturated carbocycles. The number of ketones is 1. The van der Waals surface area contributed by atoms with Crippen molar-refractivity contribution in [3.63, 3.8) is 0 Å². The molecular formula is C28H48O3. The van der Waals surface area contributed by atoms with E-state index in [-0.39, 0.29) is 5.97 Å². The molecule has 0 aromatic carbocycles. The zero-order chi connectivity index (χ0) is 23.0. The van der Waals surface area contributed by atoms with Gasteiger partial charge in [-0.05, 0) is 90.8 Å². The highest BCUT2D eigenvalue weighted by Gasteiger charge is 2.62. The maximum absolute atomic E-state index is 12.3. The summed E-state index contributed by atoms with van der Waals surface area (Å²) in [5, 5.41) is 0. The van der Waals surface area contributed by atoms with Crippen molar-refractivity contribution in [1.82, 2.24) is 0 Å². The third kappa shape index (κ3) is 4.24. The summed E-state index contributed by atoms with van der Waals surface area (Å²) >= 11 is 0. The summed E-state index contributed by atoms with van der Waals surface area (Å²) in [4.78, 5) is 23.6. The summed E-state index contributed by atoms with van der Waals surface area (Å²) < 4.78 is 5.41. The average Bonchev–Trinajstić information content (AvgIpc) is 3.11. The molecule has 3 nitrogen and oxygen atoms in total. The Hall–Kier alpha value is -0.860. The van der Waals surface area contributed by atoms with Gasteiger partial charge in [0.2, 0.25) is 0 Å². The third-order valence-corrected chi connectivity index (χ3v) is 10.5. The maximum atomic E-state index is 12.3. The van der Waals surface area contributed by atoms with Crippen LogP contribution in [0.4, 0.5) is 0 Å². The van der Waals surface area contributed by atoms with Crippen molar-refractivity contribution in [3.05, 3.63) is 0 Å². The molecule has 8 unspecified atom stereocenters. The molecule has 0 amide bonds. The summed E-state index contributed by atoms with van der Waals surface area (Å²) in [6.07, 6.45) is 10.7. The van der Waals surface area contributed by atoms with Crippen LogP contribution >= 0.6 is 0 Å². The van der Waals surface area contributed by atoms with Crippen LogP contribution in [0.2, 0.25) is 0 Å². The van der Waals surface area contributed by atoms with E-state index in [9.17, 15) is 9.59 Å². The van der Waals surface area contributed by atoms with Crippen LogP contribution in [0.25, 0.3) is 0 Å². The molecule has 0 aliphatic heterocycles. The number of carbonyl (C=O) groups excluding carboxylic acids is 2. The summed E-state index contributed by atoms with van der Waals surface area (Å²) in [5.41, 5.74) is 0.771. The van der Waals surface area contributed by atoms with E-state index in [1.165, 1.54) is 45.4 Å². The molecule has 0 bridgehead atoms. The van der Waals surface area contributed by atoms with Crippen molar-refractivity contribution >= 4 is 11.8 Å². The molecule has 4 aliphatic carbocycles. The number of ether oxygens (including phenoxy) is 1. The van der Waals surface area contributed by atoms with Crippen LogP contribution in [0.15, 0.2) is 0 Å². The molecule has 9 atom stereocenters.